The molecule has 5 heteroatoms. The molecule has 1 aromatic heterocycles. The van der Waals surface area contributed by atoms with Gasteiger partial charge in [0, 0.05) is 13.5 Å². The van der Waals surface area contributed by atoms with Crippen LogP contribution in [-0.4, -0.2) is 15.7 Å². The fraction of sp³-hybridized carbons (Fsp3) is 0.500. The lowest BCUT2D eigenvalue weighted by Gasteiger charge is -2.04. The van der Waals surface area contributed by atoms with Crippen LogP contribution in [0.1, 0.15) is 19.0 Å². The zero-order chi connectivity index (χ0) is 9.84. The molecule has 1 heterocycles. The Kier molecular flexibility index (Phi) is 3.48. The molecule has 0 saturated carbocycles. The highest BCUT2D eigenvalue weighted by molar-refractivity contribution is 9.10. The van der Waals surface area contributed by atoms with Crippen molar-refractivity contribution in [1.29, 1.82) is 0 Å². The summed E-state index contributed by atoms with van der Waals surface area (Å²) >= 11 is 3.35. The maximum atomic E-state index is 11.0. The van der Waals surface area contributed by atoms with Gasteiger partial charge in [-0.2, -0.15) is 5.10 Å². The standard InChI is InChI=1S/C8H12BrN3O/c1-3-8(13)10-5-7-6(9)4-11-12(7)2/h4H,3,5H2,1-2H3,(H,10,13). The third kappa shape index (κ3) is 2.55. The number of carbonyl (C=O) groups excluding carboxylic acids is 1. The summed E-state index contributed by atoms with van der Waals surface area (Å²) in [5, 5.41) is 6.83. The number of aromatic nitrogens is 2. The maximum Gasteiger partial charge on any atom is 0.220 e. The number of nitrogens with zero attached hydrogens (tertiary/aromatic N) is 2. The molecule has 0 aromatic carbocycles. The van der Waals surface area contributed by atoms with Crippen molar-refractivity contribution in [3.8, 4) is 0 Å². The number of carbonyl (C=O) groups is 1. The highest BCUT2D eigenvalue weighted by atomic mass is 79.9. The van der Waals surface area contributed by atoms with Crippen LogP contribution in [0, 0.1) is 0 Å². The lowest BCUT2D eigenvalue weighted by Crippen LogP contribution is -2.23. The number of halogens is 1. The molecule has 0 fully saturated rings. The maximum absolute atomic E-state index is 11.0. The van der Waals surface area contributed by atoms with E-state index in [1.807, 2.05) is 14.0 Å². The predicted octanol–water partition coefficient (Wildman–Crippen LogP) is 1.21. The van der Waals surface area contributed by atoms with Crippen LogP contribution in [0.5, 0.6) is 0 Å². The Morgan fingerprint density at radius 2 is 2.46 bits per heavy atom. The molecule has 1 aromatic rings. The van der Waals surface area contributed by atoms with Gasteiger partial charge in [-0.15, -0.1) is 0 Å². The first-order valence-corrected chi connectivity index (χ1v) is 4.87. The first-order valence-electron chi connectivity index (χ1n) is 4.08. The number of hydrogen-bond donors (Lipinski definition) is 1. The van der Waals surface area contributed by atoms with E-state index in [9.17, 15) is 4.79 Å². The second kappa shape index (κ2) is 4.41. The van der Waals surface area contributed by atoms with Crippen LogP contribution >= 0.6 is 15.9 Å². The Balaban J connectivity index is 2.58. The minimum Gasteiger partial charge on any atom is -0.350 e. The SMILES string of the molecule is CCC(=O)NCc1c(Br)cnn1C. The molecule has 0 unspecified atom stereocenters. The zero-order valence-electron chi connectivity index (χ0n) is 7.67. The molecule has 1 N–H and O–H groups in total. The Bertz CT molecular complexity index is 289. The molecule has 1 rings (SSSR count). The van der Waals surface area contributed by atoms with Crippen molar-refractivity contribution < 1.29 is 4.79 Å². The number of hydrogen-bond acceptors (Lipinski definition) is 2. The largest absolute Gasteiger partial charge is 0.350 e. The zero-order valence-corrected chi connectivity index (χ0v) is 9.26. The van der Waals surface area contributed by atoms with E-state index in [2.05, 4.69) is 26.3 Å². The molecule has 0 atom stereocenters. The molecule has 0 aliphatic heterocycles. The highest BCUT2D eigenvalue weighted by Gasteiger charge is 2.06. The third-order valence-electron chi connectivity index (χ3n) is 1.78. The van der Waals surface area contributed by atoms with E-state index < -0.39 is 0 Å². The minimum atomic E-state index is 0.0492. The van der Waals surface area contributed by atoms with Gasteiger partial charge in [-0.05, 0) is 15.9 Å². The van der Waals surface area contributed by atoms with Crippen LogP contribution in [0.2, 0.25) is 0 Å². The summed E-state index contributed by atoms with van der Waals surface area (Å²) in [6, 6.07) is 0. The van der Waals surface area contributed by atoms with Crippen LogP contribution < -0.4 is 5.32 Å². The molecular formula is C8H12BrN3O. The molecular weight excluding hydrogens is 234 g/mol. The van der Waals surface area contributed by atoms with E-state index >= 15 is 0 Å². The van der Waals surface area contributed by atoms with Crippen molar-refractivity contribution in [3.63, 3.8) is 0 Å². The van der Waals surface area contributed by atoms with Gasteiger partial charge in [0.15, 0.2) is 0 Å². The number of rotatable bonds is 3. The second-order valence-electron chi connectivity index (χ2n) is 2.69. The molecule has 13 heavy (non-hydrogen) atoms. The Labute approximate surface area is 85.4 Å². The second-order valence-corrected chi connectivity index (χ2v) is 3.55. The molecule has 72 valence electrons. The molecule has 4 nitrogen and oxygen atoms in total. The van der Waals surface area contributed by atoms with Crippen LogP contribution in [-0.2, 0) is 18.4 Å². The van der Waals surface area contributed by atoms with Gasteiger partial charge in [-0.3, -0.25) is 9.48 Å². The van der Waals surface area contributed by atoms with E-state index in [0.29, 0.717) is 13.0 Å². The number of aryl methyl sites for hydroxylation is 1. The topological polar surface area (TPSA) is 46.9 Å². The Hall–Kier alpha value is -0.840. The van der Waals surface area contributed by atoms with Crippen molar-refractivity contribution in [1.82, 2.24) is 15.1 Å². The molecule has 0 saturated heterocycles. The number of nitrogens with one attached hydrogen (secondary N) is 1. The van der Waals surface area contributed by atoms with E-state index in [1.165, 1.54) is 0 Å². The average molecular weight is 246 g/mol. The molecule has 0 radical (unpaired) electrons. The first-order chi connectivity index (χ1) is 6.15. The molecule has 0 aliphatic carbocycles. The lowest BCUT2D eigenvalue weighted by molar-refractivity contribution is -0.120. The van der Waals surface area contributed by atoms with Gasteiger partial charge < -0.3 is 5.32 Å². The summed E-state index contributed by atoms with van der Waals surface area (Å²) in [5.74, 6) is 0.0492. The summed E-state index contributed by atoms with van der Waals surface area (Å²) in [7, 11) is 1.85. The van der Waals surface area contributed by atoms with Gasteiger partial charge in [0.2, 0.25) is 5.91 Å². The fourth-order valence-electron chi connectivity index (χ4n) is 0.942. The quantitative estimate of drug-likeness (QED) is 0.871. The van der Waals surface area contributed by atoms with Crippen molar-refractivity contribution in [2.75, 3.05) is 0 Å². The Morgan fingerprint density at radius 1 is 1.77 bits per heavy atom. The minimum absolute atomic E-state index is 0.0492. The van der Waals surface area contributed by atoms with E-state index in [4.69, 9.17) is 0 Å². The van der Waals surface area contributed by atoms with E-state index in [1.54, 1.807) is 10.9 Å². The number of amides is 1. The van der Waals surface area contributed by atoms with Gasteiger partial charge in [-0.25, -0.2) is 0 Å². The van der Waals surface area contributed by atoms with Crippen LogP contribution in [0.3, 0.4) is 0 Å². The van der Waals surface area contributed by atoms with E-state index in [0.717, 1.165) is 10.2 Å². The smallest absolute Gasteiger partial charge is 0.220 e. The summed E-state index contributed by atoms with van der Waals surface area (Å²) in [5.41, 5.74) is 0.974. The molecule has 0 bridgehead atoms. The third-order valence-corrected chi connectivity index (χ3v) is 2.45. The van der Waals surface area contributed by atoms with Crippen LogP contribution in [0.15, 0.2) is 10.7 Å². The predicted molar refractivity (Wildman–Crippen MR) is 53.0 cm³/mol. The summed E-state index contributed by atoms with van der Waals surface area (Å²) in [6.07, 6.45) is 2.23. The van der Waals surface area contributed by atoms with Crippen LogP contribution in [0.25, 0.3) is 0 Å². The van der Waals surface area contributed by atoms with Crippen molar-refractivity contribution >= 4 is 21.8 Å². The van der Waals surface area contributed by atoms with Gasteiger partial charge >= 0.3 is 0 Å². The molecule has 0 spiro atoms. The van der Waals surface area contributed by atoms with Crippen LogP contribution in [0.4, 0.5) is 0 Å². The van der Waals surface area contributed by atoms with Gasteiger partial charge in [0.25, 0.3) is 0 Å². The highest BCUT2D eigenvalue weighted by Crippen LogP contribution is 2.14. The normalized spacial score (nSPS) is 10.1. The van der Waals surface area contributed by atoms with Crippen molar-refractivity contribution in [2.24, 2.45) is 7.05 Å². The van der Waals surface area contributed by atoms with Gasteiger partial charge in [0.1, 0.15) is 0 Å². The first kappa shape index (κ1) is 10.2. The molecule has 0 aliphatic rings. The monoisotopic (exact) mass is 245 g/mol. The molecule has 1 amide bonds. The van der Waals surface area contributed by atoms with Gasteiger partial charge in [0.05, 0.1) is 22.9 Å². The summed E-state index contributed by atoms with van der Waals surface area (Å²) in [6.45, 7) is 2.34. The average Bonchev–Trinajstić information content (AvgIpc) is 2.43. The summed E-state index contributed by atoms with van der Waals surface area (Å²) < 4.78 is 2.66. The summed E-state index contributed by atoms with van der Waals surface area (Å²) in [4.78, 5) is 11.0. The van der Waals surface area contributed by atoms with Crippen molar-refractivity contribution in [2.45, 2.75) is 19.9 Å². The Morgan fingerprint density at radius 3 is 2.92 bits per heavy atom. The van der Waals surface area contributed by atoms with Gasteiger partial charge in [-0.1, -0.05) is 6.92 Å². The van der Waals surface area contributed by atoms with E-state index in [-0.39, 0.29) is 5.91 Å². The fourth-order valence-corrected chi connectivity index (χ4v) is 1.43. The lowest BCUT2D eigenvalue weighted by atomic mass is 10.4. The van der Waals surface area contributed by atoms with Crippen molar-refractivity contribution in [3.05, 3.63) is 16.4 Å².